The van der Waals surface area contributed by atoms with Gasteiger partial charge in [0.1, 0.15) is 5.82 Å². The van der Waals surface area contributed by atoms with Gasteiger partial charge in [0.25, 0.3) is 0 Å². The number of carbonyl (C=O) groups excluding carboxylic acids is 1. The number of H-pyrrole nitrogens is 1. The fraction of sp³-hybridized carbons (Fsp3) is 0.190. The summed E-state index contributed by atoms with van der Waals surface area (Å²) in [5.41, 5.74) is 4.38. The molecule has 0 spiro atoms. The minimum atomic E-state index is -0.991. The molecule has 3 aromatic rings. The molecule has 0 atom stereocenters. The number of aromatic nitrogens is 2. The number of imidazole rings is 1. The van der Waals surface area contributed by atoms with Gasteiger partial charge in [-0.2, -0.15) is 0 Å². The molecule has 0 saturated heterocycles. The number of methoxy groups -OCH3 is 1. The number of nitrogens with one attached hydrogen (secondary N) is 2. The Morgan fingerprint density at radius 2 is 2.07 bits per heavy atom. The lowest BCUT2D eigenvalue weighted by molar-refractivity contribution is -0.140. The van der Waals surface area contributed by atoms with Crippen molar-refractivity contribution < 1.29 is 19.4 Å². The highest BCUT2D eigenvalue weighted by Crippen LogP contribution is 2.19. The molecule has 7 heteroatoms. The van der Waals surface area contributed by atoms with Gasteiger partial charge in [0.05, 0.1) is 24.7 Å². The van der Waals surface area contributed by atoms with Crippen LogP contribution in [0.1, 0.15) is 23.4 Å². The Kier molecular flexibility index (Phi) is 6.06. The standard InChI is InChI=1S/C21H21N3O4/c1-28-21(27)11-7-14-6-9-17-18(12-14)24-19(23-17)13-22-16-5-3-2-4-15(16)8-10-20(25)26/h2-6,8-10,12,22H,7,11,13H2,1H3,(H,23,24)(H,25,26)/b10-8+. The highest BCUT2D eigenvalue weighted by Gasteiger charge is 2.07. The number of fused-ring (bicyclic) bond motifs is 1. The first-order valence-corrected chi connectivity index (χ1v) is 8.83. The number of ether oxygens (including phenoxy) is 1. The van der Waals surface area contributed by atoms with E-state index >= 15 is 0 Å². The Labute approximate surface area is 162 Å². The molecule has 0 radical (unpaired) electrons. The molecule has 0 fully saturated rings. The number of rotatable bonds is 8. The largest absolute Gasteiger partial charge is 0.478 e. The van der Waals surface area contributed by atoms with Gasteiger partial charge in [-0.05, 0) is 41.8 Å². The predicted molar refractivity (Wildman–Crippen MR) is 107 cm³/mol. The van der Waals surface area contributed by atoms with E-state index < -0.39 is 5.97 Å². The second-order valence-corrected chi connectivity index (χ2v) is 6.22. The van der Waals surface area contributed by atoms with Crippen LogP contribution in [0.3, 0.4) is 0 Å². The topological polar surface area (TPSA) is 104 Å². The Morgan fingerprint density at radius 1 is 1.25 bits per heavy atom. The number of hydrogen-bond donors (Lipinski definition) is 3. The lowest BCUT2D eigenvalue weighted by Gasteiger charge is -2.07. The minimum Gasteiger partial charge on any atom is -0.478 e. The number of hydrogen-bond acceptors (Lipinski definition) is 5. The molecule has 0 saturated carbocycles. The van der Waals surface area contributed by atoms with Crippen LogP contribution in [-0.4, -0.2) is 34.1 Å². The van der Waals surface area contributed by atoms with Crippen LogP contribution in [-0.2, 0) is 27.3 Å². The van der Waals surface area contributed by atoms with Gasteiger partial charge < -0.3 is 20.1 Å². The molecule has 0 unspecified atom stereocenters. The maximum atomic E-state index is 11.3. The Bertz CT molecular complexity index is 1020. The van der Waals surface area contributed by atoms with Crippen LogP contribution >= 0.6 is 0 Å². The highest BCUT2D eigenvalue weighted by molar-refractivity contribution is 5.86. The third-order valence-electron chi connectivity index (χ3n) is 4.25. The van der Waals surface area contributed by atoms with Gasteiger partial charge >= 0.3 is 11.9 Å². The van der Waals surface area contributed by atoms with Crippen LogP contribution in [0.2, 0.25) is 0 Å². The first-order valence-electron chi connectivity index (χ1n) is 8.83. The number of nitrogens with zero attached hydrogens (tertiary/aromatic N) is 1. The first kappa shape index (κ1) is 19.2. The minimum absolute atomic E-state index is 0.231. The first-order chi connectivity index (χ1) is 13.5. The normalized spacial score (nSPS) is 11.0. The molecule has 7 nitrogen and oxygen atoms in total. The molecule has 2 aromatic carbocycles. The van der Waals surface area contributed by atoms with Crippen molar-refractivity contribution in [2.24, 2.45) is 0 Å². The van der Waals surface area contributed by atoms with Gasteiger partial charge in [-0.15, -0.1) is 0 Å². The third-order valence-corrected chi connectivity index (χ3v) is 4.25. The second kappa shape index (κ2) is 8.85. The lowest BCUT2D eigenvalue weighted by atomic mass is 10.1. The summed E-state index contributed by atoms with van der Waals surface area (Å²) in [6, 6.07) is 13.3. The van der Waals surface area contributed by atoms with Gasteiger partial charge in [0.2, 0.25) is 0 Å². The van der Waals surface area contributed by atoms with E-state index in [1.807, 2.05) is 42.5 Å². The summed E-state index contributed by atoms with van der Waals surface area (Å²) in [4.78, 5) is 29.9. The molecule has 0 aliphatic heterocycles. The molecule has 28 heavy (non-hydrogen) atoms. The predicted octanol–water partition coefficient (Wildman–Crippen LogP) is 3.38. The van der Waals surface area contributed by atoms with Crippen molar-refractivity contribution in [3.05, 3.63) is 65.5 Å². The number of benzene rings is 2. The molecule has 0 aliphatic carbocycles. The maximum Gasteiger partial charge on any atom is 0.328 e. The third kappa shape index (κ3) is 4.97. The van der Waals surface area contributed by atoms with E-state index in [0.29, 0.717) is 19.4 Å². The molecule has 3 rings (SSSR count). The fourth-order valence-corrected chi connectivity index (χ4v) is 2.84. The molecule has 0 amide bonds. The summed E-state index contributed by atoms with van der Waals surface area (Å²) in [5.74, 6) is -0.461. The van der Waals surface area contributed by atoms with Crippen molar-refractivity contribution in [1.82, 2.24) is 9.97 Å². The van der Waals surface area contributed by atoms with E-state index in [0.717, 1.165) is 39.7 Å². The number of carbonyl (C=O) groups is 2. The van der Waals surface area contributed by atoms with E-state index in [1.165, 1.54) is 7.11 Å². The number of esters is 1. The summed E-state index contributed by atoms with van der Waals surface area (Å²) in [5, 5.41) is 12.1. The Hall–Kier alpha value is -3.61. The van der Waals surface area contributed by atoms with Gasteiger partial charge in [0.15, 0.2) is 0 Å². The van der Waals surface area contributed by atoms with Crippen molar-refractivity contribution in [2.75, 3.05) is 12.4 Å². The summed E-state index contributed by atoms with van der Waals surface area (Å²) in [6.45, 7) is 0.462. The van der Waals surface area contributed by atoms with Crippen LogP contribution in [0.5, 0.6) is 0 Å². The van der Waals surface area contributed by atoms with E-state index in [4.69, 9.17) is 5.11 Å². The second-order valence-electron chi connectivity index (χ2n) is 6.22. The van der Waals surface area contributed by atoms with Crippen LogP contribution in [0.15, 0.2) is 48.5 Å². The van der Waals surface area contributed by atoms with Crippen LogP contribution in [0.25, 0.3) is 17.1 Å². The van der Waals surface area contributed by atoms with E-state index in [1.54, 1.807) is 6.08 Å². The molecular weight excluding hydrogens is 358 g/mol. The van der Waals surface area contributed by atoms with Gasteiger partial charge in [-0.1, -0.05) is 24.3 Å². The molecule has 1 aromatic heterocycles. The summed E-state index contributed by atoms with van der Waals surface area (Å²) in [7, 11) is 1.38. The Morgan fingerprint density at radius 3 is 2.86 bits per heavy atom. The van der Waals surface area contributed by atoms with Crippen molar-refractivity contribution in [3.63, 3.8) is 0 Å². The van der Waals surface area contributed by atoms with Crippen molar-refractivity contribution in [1.29, 1.82) is 0 Å². The maximum absolute atomic E-state index is 11.3. The molecule has 1 heterocycles. The monoisotopic (exact) mass is 379 g/mol. The number of para-hydroxylation sites is 1. The molecule has 3 N–H and O–H groups in total. The summed E-state index contributed by atoms with van der Waals surface area (Å²) >= 11 is 0. The summed E-state index contributed by atoms with van der Waals surface area (Å²) < 4.78 is 4.67. The zero-order valence-electron chi connectivity index (χ0n) is 15.4. The number of carboxylic acid groups (broad SMARTS) is 1. The van der Waals surface area contributed by atoms with Crippen molar-refractivity contribution >= 4 is 34.7 Å². The number of aryl methyl sites for hydroxylation is 1. The van der Waals surface area contributed by atoms with E-state index in [9.17, 15) is 9.59 Å². The van der Waals surface area contributed by atoms with Crippen LogP contribution < -0.4 is 5.32 Å². The molecule has 144 valence electrons. The van der Waals surface area contributed by atoms with Gasteiger partial charge in [0, 0.05) is 18.2 Å². The van der Waals surface area contributed by atoms with E-state index in [2.05, 4.69) is 20.0 Å². The average molecular weight is 379 g/mol. The Balaban J connectivity index is 1.70. The smallest absolute Gasteiger partial charge is 0.328 e. The molecular formula is C21H21N3O4. The zero-order chi connectivity index (χ0) is 19.9. The number of carboxylic acids is 1. The molecule has 0 aliphatic rings. The SMILES string of the molecule is COC(=O)CCc1ccc2nc(CNc3ccccc3/C=C/C(=O)O)[nH]c2c1. The van der Waals surface area contributed by atoms with Crippen LogP contribution in [0.4, 0.5) is 5.69 Å². The van der Waals surface area contributed by atoms with Crippen molar-refractivity contribution in [3.8, 4) is 0 Å². The average Bonchev–Trinajstić information content (AvgIpc) is 3.11. The number of aliphatic carboxylic acids is 1. The fourth-order valence-electron chi connectivity index (χ4n) is 2.84. The van der Waals surface area contributed by atoms with Crippen molar-refractivity contribution in [2.45, 2.75) is 19.4 Å². The molecule has 0 bridgehead atoms. The van der Waals surface area contributed by atoms with Gasteiger partial charge in [-0.25, -0.2) is 9.78 Å². The number of aromatic amines is 1. The lowest BCUT2D eigenvalue weighted by Crippen LogP contribution is -2.02. The summed E-state index contributed by atoms with van der Waals surface area (Å²) in [6.07, 6.45) is 3.61. The zero-order valence-corrected chi connectivity index (χ0v) is 15.4. The quantitative estimate of drug-likeness (QED) is 0.409. The van der Waals surface area contributed by atoms with E-state index in [-0.39, 0.29) is 5.97 Å². The highest BCUT2D eigenvalue weighted by atomic mass is 16.5. The van der Waals surface area contributed by atoms with Gasteiger partial charge in [-0.3, -0.25) is 4.79 Å². The number of anilines is 1. The van der Waals surface area contributed by atoms with Crippen LogP contribution in [0, 0.1) is 0 Å².